The van der Waals surface area contributed by atoms with Crippen LogP contribution in [0.5, 0.6) is 0 Å². The topological polar surface area (TPSA) is 24.9 Å². The zero-order valence-electron chi connectivity index (χ0n) is 10.3. The van der Waals surface area contributed by atoms with Gasteiger partial charge in [-0.25, -0.2) is 4.39 Å². The molecular weight excluding hydrogens is 331 g/mol. The predicted octanol–water partition coefficient (Wildman–Crippen LogP) is 4.14. The van der Waals surface area contributed by atoms with E-state index in [-0.39, 0.29) is 11.1 Å². The van der Waals surface area contributed by atoms with Crippen molar-refractivity contribution in [1.29, 1.82) is 0 Å². The summed E-state index contributed by atoms with van der Waals surface area (Å²) in [6.07, 6.45) is 2.33. The number of nitrogens with zero attached hydrogens (tertiary/aromatic N) is 1. The fourth-order valence-electron chi connectivity index (χ4n) is 1.87. The first-order chi connectivity index (χ1) is 9.11. The van der Waals surface area contributed by atoms with Gasteiger partial charge >= 0.3 is 0 Å². The van der Waals surface area contributed by atoms with Gasteiger partial charge in [-0.15, -0.1) is 0 Å². The van der Waals surface area contributed by atoms with Crippen LogP contribution in [0.2, 0.25) is 5.02 Å². The molecule has 1 unspecified atom stereocenters. The SMILES string of the molecule is CNC(Cc1cccc(F)c1Cl)c1ccc(Br)cn1. The average Bonchev–Trinajstić information content (AvgIpc) is 2.42. The van der Waals surface area contributed by atoms with Gasteiger partial charge in [0.05, 0.1) is 16.8 Å². The van der Waals surface area contributed by atoms with Gasteiger partial charge in [-0.05, 0) is 53.2 Å². The van der Waals surface area contributed by atoms with Crippen LogP contribution in [0.4, 0.5) is 4.39 Å². The molecule has 0 spiro atoms. The smallest absolute Gasteiger partial charge is 0.142 e. The largest absolute Gasteiger partial charge is 0.311 e. The molecule has 0 aliphatic carbocycles. The molecule has 1 aromatic heterocycles. The molecule has 2 aromatic rings. The molecule has 1 aromatic carbocycles. The van der Waals surface area contributed by atoms with E-state index in [1.165, 1.54) is 6.07 Å². The number of aromatic nitrogens is 1. The van der Waals surface area contributed by atoms with Gasteiger partial charge in [0.2, 0.25) is 0 Å². The third-order valence-electron chi connectivity index (χ3n) is 2.91. The van der Waals surface area contributed by atoms with Crippen LogP contribution >= 0.6 is 27.5 Å². The first-order valence-electron chi connectivity index (χ1n) is 5.83. The molecule has 1 heterocycles. The number of nitrogens with one attached hydrogen (secondary N) is 1. The van der Waals surface area contributed by atoms with Gasteiger partial charge in [0.25, 0.3) is 0 Å². The van der Waals surface area contributed by atoms with Crippen molar-refractivity contribution < 1.29 is 4.39 Å². The molecule has 5 heteroatoms. The number of likely N-dealkylation sites (N-methyl/N-ethyl adjacent to an activating group) is 1. The lowest BCUT2D eigenvalue weighted by Gasteiger charge is -2.16. The Morgan fingerprint density at radius 1 is 1.37 bits per heavy atom. The Morgan fingerprint density at radius 3 is 2.79 bits per heavy atom. The first-order valence-corrected chi connectivity index (χ1v) is 7.00. The Balaban J connectivity index is 2.24. The molecule has 0 bridgehead atoms. The minimum absolute atomic E-state index is 0.00704. The molecule has 1 N–H and O–H groups in total. The van der Waals surface area contributed by atoms with Crippen LogP contribution in [-0.4, -0.2) is 12.0 Å². The maximum atomic E-state index is 13.4. The molecule has 2 rings (SSSR count). The van der Waals surface area contributed by atoms with E-state index in [0.717, 1.165) is 15.7 Å². The lowest BCUT2D eigenvalue weighted by molar-refractivity contribution is 0.570. The van der Waals surface area contributed by atoms with Crippen LogP contribution in [0.3, 0.4) is 0 Å². The summed E-state index contributed by atoms with van der Waals surface area (Å²) in [5.74, 6) is -0.391. The number of hydrogen-bond acceptors (Lipinski definition) is 2. The second-order valence-corrected chi connectivity index (χ2v) is 5.45. The van der Waals surface area contributed by atoms with Gasteiger partial charge in [-0.1, -0.05) is 23.7 Å². The molecule has 1 atom stereocenters. The van der Waals surface area contributed by atoms with E-state index in [1.807, 2.05) is 25.2 Å². The molecule has 2 nitrogen and oxygen atoms in total. The summed E-state index contributed by atoms with van der Waals surface area (Å²) in [4.78, 5) is 4.35. The second-order valence-electron chi connectivity index (χ2n) is 4.16. The van der Waals surface area contributed by atoms with E-state index < -0.39 is 5.82 Å². The van der Waals surface area contributed by atoms with Crippen LogP contribution in [-0.2, 0) is 6.42 Å². The standard InChI is InChI=1S/C14H13BrClFN2/c1-18-13(12-6-5-10(15)8-19-12)7-9-3-2-4-11(17)14(9)16/h2-6,8,13,18H,7H2,1H3. The van der Waals surface area contributed by atoms with Gasteiger partial charge < -0.3 is 5.32 Å². The summed E-state index contributed by atoms with van der Waals surface area (Å²) in [6, 6.07) is 8.70. The van der Waals surface area contributed by atoms with Crippen molar-refractivity contribution in [2.24, 2.45) is 0 Å². The highest BCUT2D eigenvalue weighted by Crippen LogP contribution is 2.25. The van der Waals surface area contributed by atoms with Crippen molar-refractivity contribution in [3.63, 3.8) is 0 Å². The highest BCUT2D eigenvalue weighted by atomic mass is 79.9. The van der Waals surface area contributed by atoms with Crippen LogP contribution in [0.1, 0.15) is 17.3 Å². The van der Waals surface area contributed by atoms with E-state index in [2.05, 4.69) is 26.2 Å². The quantitative estimate of drug-likeness (QED) is 0.902. The van der Waals surface area contributed by atoms with E-state index in [4.69, 9.17) is 11.6 Å². The highest BCUT2D eigenvalue weighted by Gasteiger charge is 2.14. The summed E-state index contributed by atoms with van der Waals surface area (Å²) >= 11 is 9.33. The van der Waals surface area contributed by atoms with E-state index in [0.29, 0.717) is 6.42 Å². The van der Waals surface area contributed by atoms with Crippen LogP contribution in [0.25, 0.3) is 0 Å². The number of rotatable bonds is 4. The molecule has 100 valence electrons. The van der Waals surface area contributed by atoms with Crippen LogP contribution in [0, 0.1) is 5.82 Å². The molecule has 0 radical (unpaired) electrons. The van der Waals surface area contributed by atoms with Crippen molar-refractivity contribution in [2.45, 2.75) is 12.5 Å². The van der Waals surface area contributed by atoms with E-state index in [1.54, 1.807) is 12.3 Å². The molecule has 19 heavy (non-hydrogen) atoms. The van der Waals surface area contributed by atoms with Crippen molar-refractivity contribution in [3.05, 3.63) is 63.1 Å². The van der Waals surface area contributed by atoms with Crippen molar-refractivity contribution in [2.75, 3.05) is 7.05 Å². The number of halogens is 3. The Labute approximate surface area is 125 Å². The van der Waals surface area contributed by atoms with Gasteiger partial charge in [0.15, 0.2) is 0 Å². The Kier molecular flexibility index (Phi) is 4.91. The van der Waals surface area contributed by atoms with Crippen LogP contribution < -0.4 is 5.32 Å². The van der Waals surface area contributed by atoms with Crippen molar-refractivity contribution in [1.82, 2.24) is 10.3 Å². The summed E-state index contributed by atoms with van der Waals surface area (Å²) in [5, 5.41) is 3.35. The maximum Gasteiger partial charge on any atom is 0.142 e. The minimum Gasteiger partial charge on any atom is -0.311 e. The second kappa shape index (κ2) is 6.46. The molecule has 0 saturated heterocycles. The molecule has 0 fully saturated rings. The lowest BCUT2D eigenvalue weighted by atomic mass is 10.0. The summed E-state index contributed by atoms with van der Waals surface area (Å²) < 4.78 is 14.3. The molecule has 0 saturated carbocycles. The molecule has 0 aliphatic heterocycles. The fourth-order valence-corrected chi connectivity index (χ4v) is 2.31. The normalized spacial score (nSPS) is 12.4. The number of benzene rings is 1. The summed E-state index contributed by atoms with van der Waals surface area (Å²) in [6.45, 7) is 0. The minimum atomic E-state index is -0.391. The average molecular weight is 344 g/mol. The molecular formula is C14H13BrClFN2. The maximum absolute atomic E-state index is 13.4. The van der Waals surface area contributed by atoms with Crippen molar-refractivity contribution >= 4 is 27.5 Å². The van der Waals surface area contributed by atoms with Gasteiger partial charge in [-0.2, -0.15) is 0 Å². The Bertz CT molecular complexity index is 560. The van der Waals surface area contributed by atoms with Crippen LogP contribution in [0.15, 0.2) is 41.0 Å². The third kappa shape index (κ3) is 3.53. The van der Waals surface area contributed by atoms with Crippen molar-refractivity contribution in [3.8, 4) is 0 Å². The lowest BCUT2D eigenvalue weighted by Crippen LogP contribution is -2.20. The van der Waals surface area contributed by atoms with E-state index >= 15 is 0 Å². The van der Waals surface area contributed by atoms with Gasteiger partial charge in [-0.3, -0.25) is 4.98 Å². The zero-order valence-corrected chi connectivity index (χ0v) is 12.7. The molecule has 0 amide bonds. The number of hydrogen-bond donors (Lipinski definition) is 1. The Hall–Kier alpha value is -0.970. The zero-order chi connectivity index (χ0) is 13.8. The number of pyridine rings is 1. The van der Waals surface area contributed by atoms with E-state index in [9.17, 15) is 4.39 Å². The molecule has 0 aliphatic rings. The third-order valence-corrected chi connectivity index (χ3v) is 3.80. The van der Waals surface area contributed by atoms with Gasteiger partial charge in [0, 0.05) is 10.7 Å². The first kappa shape index (κ1) is 14.4. The monoisotopic (exact) mass is 342 g/mol. The Morgan fingerprint density at radius 2 is 2.16 bits per heavy atom. The summed E-state index contributed by atoms with van der Waals surface area (Å²) in [5.41, 5.74) is 1.66. The highest BCUT2D eigenvalue weighted by molar-refractivity contribution is 9.10. The van der Waals surface area contributed by atoms with Gasteiger partial charge in [0.1, 0.15) is 5.82 Å². The fraction of sp³-hybridized carbons (Fsp3) is 0.214. The summed E-state index contributed by atoms with van der Waals surface area (Å²) in [7, 11) is 1.85. The predicted molar refractivity (Wildman–Crippen MR) is 78.9 cm³/mol.